The number of aromatic nitrogens is 2. The molecule has 0 radical (unpaired) electrons. The first kappa shape index (κ1) is 16.4. The molecule has 3 rings (SSSR count). The molecule has 0 aliphatic carbocycles. The summed E-state index contributed by atoms with van der Waals surface area (Å²) in [4.78, 5) is 19.4. The maximum atomic E-state index is 13.2. The molecule has 0 spiro atoms. The second-order valence-corrected chi connectivity index (χ2v) is 5.18. The molecule has 1 heterocycles. The number of carboxylic acids is 1. The normalized spacial score (nSPS) is 11.0. The summed E-state index contributed by atoms with van der Waals surface area (Å²) in [6, 6.07) is 11.5. The summed E-state index contributed by atoms with van der Waals surface area (Å²) in [5.74, 6) is -1.87. The van der Waals surface area contributed by atoms with Gasteiger partial charge in [0.15, 0.2) is 0 Å². The van der Waals surface area contributed by atoms with E-state index in [1.807, 2.05) is 0 Å². The Morgan fingerprint density at radius 2 is 1.40 bits per heavy atom. The molecular weight excluding hydrogens is 326 g/mol. The van der Waals surface area contributed by atoms with Crippen molar-refractivity contribution in [1.82, 2.24) is 9.97 Å². The lowest BCUT2D eigenvalue weighted by atomic mass is 10.0. The Morgan fingerprint density at radius 3 is 1.92 bits per heavy atom. The summed E-state index contributed by atoms with van der Waals surface area (Å²) in [5.41, 5.74) is 2.52. The first-order chi connectivity index (χ1) is 12.0. The van der Waals surface area contributed by atoms with Gasteiger partial charge in [-0.2, -0.15) is 0 Å². The van der Waals surface area contributed by atoms with Crippen LogP contribution in [0.4, 0.5) is 8.78 Å². The summed E-state index contributed by atoms with van der Waals surface area (Å²) in [7, 11) is 0. The van der Waals surface area contributed by atoms with Crippen LogP contribution in [0.5, 0.6) is 0 Å². The molecule has 1 N–H and O–H groups in total. The lowest BCUT2D eigenvalue weighted by Crippen LogP contribution is -1.96. The topological polar surface area (TPSA) is 63.1 Å². The van der Waals surface area contributed by atoms with Crippen molar-refractivity contribution in [2.75, 3.05) is 0 Å². The van der Waals surface area contributed by atoms with Crippen LogP contribution in [0.1, 0.15) is 5.69 Å². The highest BCUT2D eigenvalue weighted by atomic mass is 19.1. The van der Waals surface area contributed by atoms with Crippen LogP contribution in [0.2, 0.25) is 0 Å². The largest absolute Gasteiger partial charge is 0.478 e. The number of benzene rings is 2. The van der Waals surface area contributed by atoms with E-state index in [9.17, 15) is 13.6 Å². The number of hydrogen-bond donors (Lipinski definition) is 1. The highest BCUT2D eigenvalue weighted by Crippen LogP contribution is 2.29. The summed E-state index contributed by atoms with van der Waals surface area (Å²) in [6.07, 6.45) is 3.69. The smallest absolute Gasteiger partial charge is 0.328 e. The lowest BCUT2D eigenvalue weighted by Gasteiger charge is -2.09. The van der Waals surface area contributed by atoms with Crippen LogP contribution in [0.3, 0.4) is 0 Å². The fourth-order valence-electron chi connectivity index (χ4n) is 2.27. The Bertz CT molecular complexity index is 937. The molecule has 0 saturated heterocycles. The fourth-order valence-corrected chi connectivity index (χ4v) is 2.27. The molecule has 0 unspecified atom stereocenters. The molecule has 25 heavy (non-hydrogen) atoms. The van der Waals surface area contributed by atoms with Gasteiger partial charge in [0.2, 0.25) is 0 Å². The van der Waals surface area contributed by atoms with Gasteiger partial charge < -0.3 is 5.11 Å². The minimum absolute atomic E-state index is 0.340. The molecule has 4 nitrogen and oxygen atoms in total. The molecule has 2 aromatic carbocycles. The summed E-state index contributed by atoms with van der Waals surface area (Å²) in [6.45, 7) is 0. The lowest BCUT2D eigenvalue weighted by molar-refractivity contribution is -0.131. The maximum absolute atomic E-state index is 13.2. The number of carbonyl (C=O) groups is 1. The predicted molar refractivity (Wildman–Crippen MR) is 89.5 cm³/mol. The molecule has 0 atom stereocenters. The van der Waals surface area contributed by atoms with E-state index in [4.69, 9.17) is 5.11 Å². The van der Waals surface area contributed by atoms with Crippen LogP contribution < -0.4 is 0 Å². The second kappa shape index (κ2) is 7.00. The van der Waals surface area contributed by atoms with Gasteiger partial charge in [0.25, 0.3) is 0 Å². The maximum Gasteiger partial charge on any atom is 0.328 e. The van der Waals surface area contributed by atoms with Gasteiger partial charge in [0.1, 0.15) is 11.6 Å². The molecule has 0 aliphatic rings. The zero-order valence-corrected chi connectivity index (χ0v) is 12.9. The van der Waals surface area contributed by atoms with Crippen molar-refractivity contribution in [1.29, 1.82) is 0 Å². The van der Waals surface area contributed by atoms with Crippen LogP contribution in [0.25, 0.3) is 28.6 Å². The number of nitrogens with zero attached hydrogens (tertiary/aromatic N) is 2. The number of hydrogen-bond acceptors (Lipinski definition) is 3. The van der Waals surface area contributed by atoms with Crippen LogP contribution in [-0.2, 0) is 4.79 Å². The van der Waals surface area contributed by atoms with Gasteiger partial charge in [0, 0.05) is 17.2 Å². The zero-order chi connectivity index (χ0) is 17.8. The molecule has 0 fully saturated rings. The number of rotatable bonds is 4. The van der Waals surface area contributed by atoms with Crippen molar-refractivity contribution in [2.45, 2.75) is 0 Å². The van der Waals surface area contributed by atoms with Gasteiger partial charge in [0.05, 0.1) is 23.3 Å². The van der Waals surface area contributed by atoms with Crippen LogP contribution in [-0.4, -0.2) is 21.0 Å². The van der Waals surface area contributed by atoms with Crippen molar-refractivity contribution >= 4 is 12.0 Å². The van der Waals surface area contributed by atoms with Gasteiger partial charge in [-0.1, -0.05) is 0 Å². The van der Waals surface area contributed by atoms with Gasteiger partial charge >= 0.3 is 5.97 Å². The molecule has 0 aliphatic heterocycles. The highest BCUT2D eigenvalue weighted by Gasteiger charge is 2.12. The van der Waals surface area contributed by atoms with Crippen molar-refractivity contribution < 1.29 is 18.7 Å². The molecule has 0 saturated carbocycles. The highest BCUT2D eigenvalue weighted by molar-refractivity contribution is 5.85. The SMILES string of the molecule is O=C(O)C=Cc1cnc(-c2ccc(F)cc2)c(-c2ccc(F)cc2)n1. The van der Waals surface area contributed by atoms with Crippen molar-refractivity contribution in [3.63, 3.8) is 0 Å². The molecule has 124 valence electrons. The van der Waals surface area contributed by atoms with E-state index in [1.165, 1.54) is 36.5 Å². The van der Waals surface area contributed by atoms with E-state index in [0.29, 0.717) is 28.2 Å². The van der Waals surface area contributed by atoms with E-state index >= 15 is 0 Å². The standard InChI is InChI=1S/C19H12F2N2O2/c20-14-5-1-12(2-6-14)18-19(13-3-7-15(21)8-4-13)23-16(11-22-18)9-10-17(24)25/h1-11H,(H,24,25). The quantitative estimate of drug-likeness (QED) is 0.725. The monoisotopic (exact) mass is 338 g/mol. The first-order valence-electron chi connectivity index (χ1n) is 7.33. The third-order valence-corrected chi connectivity index (χ3v) is 3.42. The molecular formula is C19H12F2N2O2. The Hall–Kier alpha value is -3.41. The van der Waals surface area contributed by atoms with Gasteiger partial charge in [-0.25, -0.2) is 18.6 Å². The Morgan fingerprint density at radius 1 is 0.880 bits per heavy atom. The second-order valence-electron chi connectivity index (χ2n) is 5.18. The molecule has 3 aromatic rings. The first-order valence-corrected chi connectivity index (χ1v) is 7.33. The Labute approximate surface area is 142 Å². The third kappa shape index (κ3) is 3.92. The van der Waals surface area contributed by atoms with Gasteiger partial charge in [-0.15, -0.1) is 0 Å². The number of aliphatic carboxylic acids is 1. The predicted octanol–water partition coefficient (Wildman–Crippen LogP) is 4.19. The molecule has 0 bridgehead atoms. The van der Waals surface area contributed by atoms with Gasteiger partial charge in [-0.05, 0) is 54.6 Å². The zero-order valence-electron chi connectivity index (χ0n) is 12.9. The van der Waals surface area contributed by atoms with Crippen LogP contribution in [0.15, 0.2) is 60.8 Å². The summed E-state index contributed by atoms with van der Waals surface area (Å²) in [5, 5.41) is 8.74. The van der Waals surface area contributed by atoms with E-state index in [0.717, 1.165) is 6.08 Å². The number of carboxylic acid groups (broad SMARTS) is 1. The number of halogens is 2. The minimum atomic E-state index is -1.10. The van der Waals surface area contributed by atoms with Crippen LogP contribution >= 0.6 is 0 Å². The molecule has 0 amide bonds. The third-order valence-electron chi connectivity index (χ3n) is 3.42. The molecule has 1 aromatic heterocycles. The minimum Gasteiger partial charge on any atom is -0.478 e. The van der Waals surface area contributed by atoms with Crippen molar-refractivity contribution in [3.05, 3.63) is 78.1 Å². The van der Waals surface area contributed by atoms with E-state index in [2.05, 4.69) is 9.97 Å². The fraction of sp³-hybridized carbons (Fsp3) is 0. The van der Waals surface area contributed by atoms with E-state index in [1.54, 1.807) is 24.3 Å². The average Bonchev–Trinajstić information content (AvgIpc) is 2.61. The van der Waals surface area contributed by atoms with Crippen molar-refractivity contribution in [3.8, 4) is 22.5 Å². The van der Waals surface area contributed by atoms with Crippen LogP contribution in [0, 0.1) is 11.6 Å². The summed E-state index contributed by atoms with van der Waals surface area (Å²) >= 11 is 0. The average molecular weight is 338 g/mol. The summed E-state index contributed by atoms with van der Waals surface area (Å²) < 4.78 is 26.4. The van der Waals surface area contributed by atoms with Gasteiger partial charge in [-0.3, -0.25) is 4.98 Å². The van der Waals surface area contributed by atoms with E-state index in [-0.39, 0.29) is 11.6 Å². The van der Waals surface area contributed by atoms with Crippen molar-refractivity contribution in [2.24, 2.45) is 0 Å². The Balaban J connectivity index is 2.15. The van der Waals surface area contributed by atoms with E-state index < -0.39 is 5.97 Å². The Kier molecular flexibility index (Phi) is 4.61. The molecule has 6 heteroatoms.